The van der Waals surface area contributed by atoms with E-state index in [9.17, 15) is 17.6 Å². The highest BCUT2D eigenvalue weighted by atomic mass is 32.2. The largest absolute Gasteiger partial charge is 0.338 e. The molecule has 0 aromatic heterocycles. The first-order valence-electron chi connectivity index (χ1n) is 9.58. The van der Waals surface area contributed by atoms with Crippen molar-refractivity contribution in [3.8, 4) is 0 Å². The predicted octanol–water partition coefficient (Wildman–Crippen LogP) is 2.35. The molecule has 29 heavy (non-hydrogen) atoms. The van der Waals surface area contributed by atoms with Crippen molar-refractivity contribution in [1.29, 1.82) is 0 Å². The lowest BCUT2D eigenvalue weighted by molar-refractivity contribution is -0.133. The maximum Gasteiger partial charge on any atom is 0.246 e. The molecule has 156 valence electrons. The minimum Gasteiger partial charge on any atom is -0.338 e. The molecule has 0 aliphatic carbocycles. The number of halogens is 1. The highest BCUT2D eigenvalue weighted by Gasteiger charge is 2.31. The maximum atomic E-state index is 13.9. The lowest BCUT2D eigenvalue weighted by Gasteiger charge is -2.35. The molecule has 1 heterocycles. The van der Waals surface area contributed by atoms with Crippen molar-refractivity contribution < 1.29 is 17.6 Å². The minimum atomic E-state index is -3.87. The Morgan fingerprint density at radius 3 is 2.24 bits per heavy atom. The molecule has 6 nitrogen and oxygen atoms in total. The molecule has 2 aromatic carbocycles. The normalized spacial score (nSPS) is 17.1. The fraction of sp³-hybridized carbons (Fsp3) is 0.381. The van der Waals surface area contributed by atoms with Gasteiger partial charge < -0.3 is 4.90 Å². The number of sulfonamides is 1. The van der Waals surface area contributed by atoms with Gasteiger partial charge in [0.1, 0.15) is 10.7 Å². The van der Waals surface area contributed by atoms with E-state index in [1.807, 2.05) is 42.2 Å². The Morgan fingerprint density at radius 2 is 1.62 bits per heavy atom. The number of nitrogens with zero attached hydrogens (tertiary/aromatic N) is 3. The number of amides is 1. The predicted molar refractivity (Wildman–Crippen MR) is 109 cm³/mol. The van der Waals surface area contributed by atoms with Crippen molar-refractivity contribution in [3.63, 3.8) is 0 Å². The standard InChI is InChI=1S/C21H26FN3O3S/c1-17(18-8-4-3-5-9-18)23(2)21(26)16-24-12-14-25(15-13-24)29(27,28)20-11-7-6-10-19(20)22/h3-11,17H,12-16H2,1-2H3/t17-/m1/s1. The Hall–Kier alpha value is -2.29. The van der Waals surface area contributed by atoms with Gasteiger partial charge in [-0.15, -0.1) is 0 Å². The Morgan fingerprint density at radius 1 is 1.03 bits per heavy atom. The van der Waals surface area contributed by atoms with E-state index >= 15 is 0 Å². The van der Waals surface area contributed by atoms with Gasteiger partial charge >= 0.3 is 0 Å². The molecule has 2 aromatic rings. The van der Waals surface area contributed by atoms with E-state index in [2.05, 4.69) is 0 Å². The van der Waals surface area contributed by atoms with Gasteiger partial charge in [0.15, 0.2) is 0 Å². The van der Waals surface area contributed by atoms with E-state index in [4.69, 9.17) is 0 Å². The van der Waals surface area contributed by atoms with Crippen LogP contribution >= 0.6 is 0 Å². The van der Waals surface area contributed by atoms with Gasteiger partial charge in [-0.3, -0.25) is 9.69 Å². The molecule has 3 rings (SSSR count). The molecule has 1 atom stereocenters. The second kappa shape index (κ2) is 9.02. The van der Waals surface area contributed by atoms with Crippen LogP contribution in [0.25, 0.3) is 0 Å². The third-order valence-corrected chi connectivity index (χ3v) is 7.33. The first-order chi connectivity index (χ1) is 13.8. The topological polar surface area (TPSA) is 60.9 Å². The van der Waals surface area contributed by atoms with Crippen molar-refractivity contribution in [3.05, 3.63) is 66.0 Å². The number of likely N-dealkylation sites (N-methyl/N-ethyl adjacent to an activating group) is 1. The molecular weight excluding hydrogens is 393 g/mol. The van der Waals surface area contributed by atoms with Crippen molar-refractivity contribution in [2.75, 3.05) is 39.8 Å². The van der Waals surface area contributed by atoms with Crippen molar-refractivity contribution in [1.82, 2.24) is 14.1 Å². The summed E-state index contributed by atoms with van der Waals surface area (Å²) >= 11 is 0. The third kappa shape index (κ3) is 4.83. The first kappa shape index (κ1) is 21.4. The van der Waals surface area contributed by atoms with Gasteiger partial charge in [0.05, 0.1) is 12.6 Å². The molecule has 1 aliphatic rings. The third-order valence-electron chi connectivity index (χ3n) is 5.40. The van der Waals surface area contributed by atoms with Gasteiger partial charge in [0.25, 0.3) is 0 Å². The first-order valence-corrected chi connectivity index (χ1v) is 11.0. The Labute approximate surface area is 171 Å². The summed E-state index contributed by atoms with van der Waals surface area (Å²) in [5.41, 5.74) is 1.06. The Kier molecular flexibility index (Phi) is 6.66. The van der Waals surface area contributed by atoms with Gasteiger partial charge in [-0.1, -0.05) is 42.5 Å². The quantitative estimate of drug-likeness (QED) is 0.721. The van der Waals surface area contributed by atoms with Crippen LogP contribution in [0.15, 0.2) is 59.5 Å². The van der Waals surface area contributed by atoms with Gasteiger partial charge in [0, 0.05) is 33.2 Å². The summed E-state index contributed by atoms with van der Waals surface area (Å²) in [4.78, 5) is 16.0. The molecule has 0 spiro atoms. The average Bonchev–Trinajstić information content (AvgIpc) is 2.74. The number of benzene rings is 2. The summed E-state index contributed by atoms with van der Waals surface area (Å²) in [6.07, 6.45) is 0. The van der Waals surface area contributed by atoms with E-state index < -0.39 is 15.8 Å². The van der Waals surface area contributed by atoms with Crippen LogP contribution in [0.4, 0.5) is 4.39 Å². The molecule has 0 N–H and O–H groups in total. The summed E-state index contributed by atoms with van der Waals surface area (Å²) in [6.45, 7) is 3.50. The van der Waals surface area contributed by atoms with Crippen molar-refractivity contribution in [2.45, 2.75) is 17.9 Å². The smallest absolute Gasteiger partial charge is 0.246 e. The van der Waals surface area contributed by atoms with Gasteiger partial charge in [-0.25, -0.2) is 12.8 Å². The maximum absolute atomic E-state index is 13.9. The zero-order valence-electron chi connectivity index (χ0n) is 16.7. The van der Waals surface area contributed by atoms with Gasteiger partial charge in [-0.05, 0) is 24.6 Å². The molecule has 0 bridgehead atoms. The molecule has 1 amide bonds. The molecule has 1 aliphatic heterocycles. The SMILES string of the molecule is C[C@H](c1ccccc1)N(C)C(=O)CN1CCN(S(=O)(=O)c2ccccc2F)CC1. The van der Waals surface area contributed by atoms with Crippen LogP contribution < -0.4 is 0 Å². The summed E-state index contributed by atoms with van der Waals surface area (Å²) in [5.74, 6) is -0.770. The minimum absolute atomic E-state index is 0.0215. The number of carbonyl (C=O) groups is 1. The van der Waals surface area contributed by atoms with E-state index in [0.717, 1.165) is 11.6 Å². The van der Waals surface area contributed by atoms with Crippen LogP contribution in [0.2, 0.25) is 0 Å². The fourth-order valence-electron chi connectivity index (χ4n) is 3.39. The molecule has 1 fully saturated rings. The second-order valence-corrected chi connectivity index (χ2v) is 9.11. The van der Waals surface area contributed by atoms with Crippen LogP contribution in [0.1, 0.15) is 18.5 Å². The van der Waals surface area contributed by atoms with Crippen molar-refractivity contribution >= 4 is 15.9 Å². The average molecular weight is 420 g/mol. The van der Waals surface area contributed by atoms with Crippen LogP contribution in [-0.4, -0.2) is 68.2 Å². The molecule has 0 radical (unpaired) electrons. The van der Waals surface area contributed by atoms with E-state index in [1.165, 1.54) is 22.5 Å². The molecular formula is C21H26FN3O3S. The molecule has 0 saturated carbocycles. The number of hydrogen-bond acceptors (Lipinski definition) is 4. The molecule has 1 saturated heterocycles. The summed E-state index contributed by atoms with van der Waals surface area (Å²) in [7, 11) is -2.10. The zero-order valence-corrected chi connectivity index (χ0v) is 17.5. The molecule has 8 heteroatoms. The lowest BCUT2D eigenvalue weighted by atomic mass is 10.1. The molecule has 0 unspecified atom stereocenters. The Bertz CT molecular complexity index is 945. The highest BCUT2D eigenvalue weighted by molar-refractivity contribution is 7.89. The van der Waals surface area contributed by atoms with Gasteiger partial charge in [-0.2, -0.15) is 4.31 Å². The number of piperazine rings is 1. The monoisotopic (exact) mass is 419 g/mol. The highest BCUT2D eigenvalue weighted by Crippen LogP contribution is 2.21. The number of carbonyl (C=O) groups excluding carboxylic acids is 1. The van der Waals surface area contributed by atoms with Crippen LogP contribution in [0.3, 0.4) is 0 Å². The van der Waals surface area contributed by atoms with E-state index in [-0.39, 0.29) is 36.5 Å². The number of rotatable bonds is 6. The summed E-state index contributed by atoms with van der Waals surface area (Å²) in [6, 6.07) is 15.1. The van der Waals surface area contributed by atoms with Gasteiger partial charge in [0.2, 0.25) is 15.9 Å². The fourth-order valence-corrected chi connectivity index (χ4v) is 4.88. The van der Waals surface area contributed by atoms with Crippen molar-refractivity contribution in [2.24, 2.45) is 0 Å². The van der Waals surface area contributed by atoms with E-state index in [0.29, 0.717) is 13.1 Å². The number of hydrogen-bond donors (Lipinski definition) is 0. The van der Waals surface area contributed by atoms with Crippen LogP contribution in [0.5, 0.6) is 0 Å². The summed E-state index contributed by atoms with van der Waals surface area (Å²) in [5, 5.41) is 0. The van der Waals surface area contributed by atoms with Crippen LogP contribution in [-0.2, 0) is 14.8 Å². The second-order valence-electron chi connectivity index (χ2n) is 7.20. The van der Waals surface area contributed by atoms with E-state index in [1.54, 1.807) is 11.9 Å². The zero-order chi connectivity index (χ0) is 21.0. The lowest BCUT2D eigenvalue weighted by Crippen LogP contribution is -2.51. The Balaban J connectivity index is 1.57. The van der Waals surface area contributed by atoms with Crippen LogP contribution in [0, 0.1) is 5.82 Å². The summed E-state index contributed by atoms with van der Waals surface area (Å²) < 4.78 is 40.6.